The molecule has 0 aliphatic heterocycles. The standard InChI is InChI=1S/C8H10N2O3/c11-5-4-10-8(13)7-6(12)2-1-3-9-7/h1-3,11-12H,4-5H2,(H,10,13). The number of hydrogen-bond donors (Lipinski definition) is 3. The normalized spacial score (nSPS) is 9.62. The summed E-state index contributed by atoms with van der Waals surface area (Å²) in [6, 6.07) is 2.90. The second-order valence-corrected chi connectivity index (χ2v) is 2.35. The summed E-state index contributed by atoms with van der Waals surface area (Å²) in [7, 11) is 0. The lowest BCUT2D eigenvalue weighted by molar-refractivity contribution is 0.0937. The number of nitrogens with one attached hydrogen (secondary N) is 1. The third-order valence-corrected chi connectivity index (χ3v) is 1.40. The molecule has 1 heterocycles. The summed E-state index contributed by atoms with van der Waals surface area (Å²) in [5.41, 5.74) is -0.0315. The number of hydrogen-bond acceptors (Lipinski definition) is 4. The van der Waals surface area contributed by atoms with Gasteiger partial charge in [-0.15, -0.1) is 0 Å². The van der Waals surface area contributed by atoms with Gasteiger partial charge < -0.3 is 15.5 Å². The van der Waals surface area contributed by atoms with E-state index in [-0.39, 0.29) is 24.6 Å². The van der Waals surface area contributed by atoms with Crippen LogP contribution >= 0.6 is 0 Å². The average Bonchev–Trinajstić information content (AvgIpc) is 2.15. The molecule has 5 heteroatoms. The third kappa shape index (κ3) is 2.41. The van der Waals surface area contributed by atoms with Crippen LogP contribution in [-0.4, -0.2) is 34.3 Å². The molecule has 1 aromatic rings. The lowest BCUT2D eigenvalue weighted by Crippen LogP contribution is -2.27. The van der Waals surface area contributed by atoms with Gasteiger partial charge in [-0.05, 0) is 12.1 Å². The van der Waals surface area contributed by atoms with E-state index in [2.05, 4.69) is 10.3 Å². The van der Waals surface area contributed by atoms with Crippen molar-refractivity contribution in [1.82, 2.24) is 10.3 Å². The van der Waals surface area contributed by atoms with Crippen molar-refractivity contribution in [2.75, 3.05) is 13.2 Å². The van der Waals surface area contributed by atoms with Gasteiger partial charge in [0.2, 0.25) is 0 Å². The van der Waals surface area contributed by atoms with Crippen molar-refractivity contribution in [3.8, 4) is 5.75 Å². The van der Waals surface area contributed by atoms with Crippen molar-refractivity contribution < 1.29 is 15.0 Å². The molecule has 70 valence electrons. The molecule has 0 saturated heterocycles. The number of nitrogens with zero attached hydrogens (tertiary/aromatic N) is 1. The topological polar surface area (TPSA) is 82.5 Å². The van der Waals surface area contributed by atoms with Crippen LogP contribution in [0.15, 0.2) is 18.3 Å². The predicted octanol–water partition coefficient (Wildman–Crippen LogP) is -0.491. The summed E-state index contributed by atoms with van der Waals surface area (Å²) in [5, 5.41) is 20.0. The van der Waals surface area contributed by atoms with Gasteiger partial charge in [0.1, 0.15) is 5.75 Å². The molecule has 0 aliphatic rings. The Hall–Kier alpha value is -1.62. The van der Waals surface area contributed by atoms with E-state index in [0.29, 0.717) is 0 Å². The van der Waals surface area contributed by atoms with E-state index in [1.165, 1.54) is 18.3 Å². The first-order chi connectivity index (χ1) is 6.25. The van der Waals surface area contributed by atoms with E-state index >= 15 is 0 Å². The molecule has 0 spiro atoms. The Bertz CT molecular complexity index is 301. The van der Waals surface area contributed by atoms with Gasteiger partial charge in [0.15, 0.2) is 5.69 Å². The molecule has 0 fully saturated rings. The van der Waals surface area contributed by atoms with Crippen molar-refractivity contribution in [2.24, 2.45) is 0 Å². The highest BCUT2D eigenvalue weighted by molar-refractivity contribution is 5.94. The minimum atomic E-state index is -0.493. The van der Waals surface area contributed by atoms with Crippen LogP contribution < -0.4 is 5.32 Å². The third-order valence-electron chi connectivity index (χ3n) is 1.40. The van der Waals surface area contributed by atoms with Gasteiger partial charge in [0, 0.05) is 12.7 Å². The SMILES string of the molecule is O=C(NCCO)c1ncccc1O. The lowest BCUT2D eigenvalue weighted by atomic mass is 10.3. The summed E-state index contributed by atoms with van der Waals surface area (Å²) in [6.45, 7) is 0.00812. The number of aliphatic hydroxyl groups excluding tert-OH is 1. The van der Waals surface area contributed by atoms with Crippen molar-refractivity contribution in [3.05, 3.63) is 24.0 Å². The summed E-state index contributed by atoms with van der Waals surface area (Å²) < 4.78 is 0. The minimum Gasteiger partial charge on any atom is -0.505 e. The molecule has 0 aliphatic carbocycles. The summed E-state index contributed by atoms with van der Waals surface area (Å²) in [4.78, 5) is 14.9. The quantitative estimate of drug-likeness (QED) is 0.589. The van der Waals surface area contributed by atoms with Crippen LogP contribution in [0.1, 0.15) is 10.5 Å². The van der Waals surface area contributed by atoms with E-state index in [4.69, 9.17) is 5.11 Å². The van der Waals surface area contributed by atoms with Gasteiger partial charge in [0.25, 0.3) is 5.91 Å². The van der Waals surface area contributed by atoms with E-state index < -0.39 is 5.91 Å². The fraction of sp³-hybridized carbons (Fsp3) is 0.250. The Morgan fingerprint density at radius 1 is 1.62 bits per heavy atom. The maximum atomic E-state index is 11.2. The van der Waals surface area contributed by atoms with Gasteiger partial charge in [-0.1, -0.05) is 0 Å². The maximum absolute atomic E-state index is 11.2. The summed E-state index contributed by atoms with van der Waals surface area (Å²) in [6.07, 6.45) is 1.41. The fourth-order valence-electron chi connectivity index (χ4n) is 0.825. The molecule has 1 rings (SSSR count). The highest BCUT2D eigenvalue weighted by atomic mass is 16.3. The van der Waals surface area contributed by atoms with Gasteiger partial charge >= 0.3 is 0 Å². The fourth-order valence-corrected chi connectivity index (χ4v) is 0.825. The van der Waals surface area contributed by atoms with Crippen LogP contribution in [0.5, 0.6) is 5.75 Å². The Morgan fingerprint density at radius 3 is 3.00 bits per heavy atom. The average molecular weight is 182 g/mol. The van der Waals surface area contributed by atoms with Gasteiger partial charge in [-0.25, -0.2) is 4.98 Å². The first-order valence-electron chi connectivity index (χ1n) is 3.78. The molecule has 5 nitrogen and oxygen atoms in total. The van der Waals surface area contributed by atoms with Crippen LogP contribution in [0.25, 0.3) is 0 Å². The zero-order valence-electron chi connectivity index (χ0n) is 6.90. The number of aromatic nitrogens is 1. The molecule has 1 amide bonds. The molecule has 0 aromatic carbocycles. The molecular formula is C8H10N2O3. The predicted molar refractivity (Wildman–Crippen MR) is 45.3 cm³/mol. The van der Waals surface area contributed by atoms with E-state index in [9.17, 15) is 9.90 Å². The Labute approximate surface area is 75.0 Å². The van der Waals surface area contributed by atoms with Crippen molar-refractivity contribution in [2.45, 2.75) is 0 Å². The Balaban J connectivity index is 2.71. The first-order valence-corrected chi connectivity index (χ1v) is 3.78. The Morgan fingerprint density at radius 2 is 2.38 bits per heavy atom. The van der Waals surface area contributed by atoms with Crippen LogP contribution in [0.2, 0.25) is 0 Å². The largest absolute Gasteiger partial charge is 0.505 e. The second-order valence-electron chi connectivity index (χ2n) is 2.35. The number of carbonyl (C=O) groups excluding carboxylic acids is 1. The Kier molecular flexibility index (Phi) is 3.22. The number of carbonyl (C=O) groups is 1. The molecule has 0 saturated carbocycles. The summed E-state index contributed by atoms with van der Waals surface area (Å²) >= 11 is 0. The minimum absolute atomic E-state index is 0.0315. The summed E-state index contributed by atoms with van der Waals surface area (Å²) in [5.74, 6) is -0.662. The van der Waals surface area contributed by atoms with Crippen LogP contribution in [0, 0.1) is 0 Å². The monoisotopic (exact) mass is 182 g/mol. The van der Waals surface area contributed by atoms with Crippen molar-refractivity contribution in [3.63, 3.8) is 0 Å². The van der Waals surface area contributed by atoms with Crippen LogP contribution in [-0.2, 0) is 0 Å². The van der Waals surface area contributed by atoms with Crippen molar-refractivity contribution in [1.29, 1.82) is 0 Å². The second kappa shape index (κ2) is 4.42. The van der Waals surface area contributed by atoms with Gasteiger partial charge in [0.05, 0.1) is 6.61 Å². The van der Waals surface area contributed by atoms with Crippen LogP contribution in [0.3, 0.4) is 0 Å². The molecule has 0 bridgehead atoms. The molecular weight excluding hydrogens is 172 g/mol. The maximum Gasteiger partial charge on any atom is 0.273 e. The first kappa shape index (κ1) is 9.47. The van der Waals surface area contributed by atoms with Crippen LogP contribution in [0.4, 0.5) is 0 Å². The highest BCUT2D eigenvalue weighted by Gasteiger charge is 2.10. The molecule has 0 unspecified atom stereocenters. The van der Waals surface area contributed by atoms with Gasteiger partial charge in [-0.3, -0.25) is 4.79 Å². The molecule has 1 aromatic heterocycles. The number of aliphatic hydroxyl groups is 1. The molecule has 0 radical (unpaired) electrons. The number of amides is 1. The number of rotatable bonds is 3. The highest BCUT2D eigenvalue weighted by Crippen LogP contribution is 2.11. The molecule has 13 heavy (non-hydrogen) atoms. The van der Waals surface area contributed by atoms with E-state index in [0.717, 1.165) is 0 Å². The zero-order chi connectivity index (χ0) is 9.68. The number of aromatic hydroxyl groups is 1. The molecule has 0 atom stereocenters. The van der Waals surface area contributed by atoms with Gasteiger partial charge in [-0.2, -0.15) is 0 Å². The lowest BCUT2D eigenvalue weighted by Gasteiger charge is -2.03. The van der Waals surface area contributed by atoms with E-state index in [1.54, 1.807) is 0 Å². The number of pyridine rings is 1. The smallest absolute Gasteiger partial charge is 0.273 e. The van der Waals surface area contributed by atoms with E-state index in [1.807, 2.05) is 0 Å². The van der Waals surface area contributed by atoms with Crippen molar-refractivity contribution >= 4 is 5.91 Å². The molecule has 3 N–H and O–H groups in total. The zero-order valence-corrected chi connectivity index (χ0v) is 6.90.